The fraction of sp³-hybridized carbons (Fsp3) is 0.391. The molecule has 2 aliphatic rings. The van der Waals surface area contributed by atoms with E-state index >= 15 is 0 Å². The van der Waals surface area contributed by atoms with E-state index in [1.807, 2.05) is 43.3 Å². The molecule has 2 aromatic rings. The molecule has 1 atom stereocenters. The predicted molar refractivity (Wildman–Crippen MR) is 112 cm³/mol. The number of nitrogens with zero attached hydrogens (tertiary/aromatic N) is 2. The van der Waals surface area contributed by atoms with Gasteiger partial charge in [-0.3, -0.25) is 14.5 Å². The SMILES string of the molecule is Cc1ccc(N2C(=O)C[C@@H](N3CCC(Cc4ccc(Cl)cc4)CC3)C2=O)cc1. The molecule has 2 amide bonds. The number of benzene rings is 2. The number of aryl methyl sites for hydroxylation is 1. The Labute approximate surface area is 171 Å². The topological polar surface area (TPSA) is 40.6 Å². The van der Waals surface area contributed by atoms with Crippen molar-refractivity contribution in [1.29, 1.82) is 0 Å². The maximum absolute atomic E-state index is 13.0. The lowest BCUT2D eigenvalue weighted by molar-refractivity contribution is -0.123. The summed E-state index contributed by atoms with van der Waals surface area (Å²) in [5.41, 5.74) is 3.10. The zero-order chi connectivity index (χ0) is 19.7. The van der Waals surface area contributed by atoms with Crippen molar-refractivity contribution in [2.75, 3.05) is 18.0 Å². The minimum Gasteiger partial charge on any atom is -0.292 e. The van der Waals surface area contributed by atoms with E-state index in [-0.39, 0.29) is 24.3 Å². The van der Waals surface area contributed by atoms with Crippen LogP contribution in [0.5, 0.6) is 0 Å². The van der Waals surface area contributed by atoms with Crippen molar-refractivity contribution in [2.45, 2.75) is 38.6 Å². The first-order chi connectivity index (χ1) is 13.5. The average Bonchev–Trinajstić information content (AvgIpc) is 2.99. The van der Waals surface area contributed by atoms with E-state index in [1.54, 1.807) is 0 Å². The highest BCUT2D eigenvalue weighted by atomic mass is 35.5. The quantitative estimate of drug-likeness (QED) is 0.726. The summed E-state index contributed by atoms with van der Waals surface area (Å²) < 4.78 is 0. The second-order valence-electron chi connectivity index (χ2n) is 7.93. The number of amides is 2. The largest absolute Gasteiger partial charge is 0.292 e. The second-order valence-corrected chi connectivity index (χ2v) is 8.37. The Hall–Kier alpha value is -2.17. The van der Waals surface area contributed by atoms with Crippen LogP contribution in [-0.4, -0.2) is 35.8 Å². The van der Waals surface area contributed by atoms with Crippen molar-refractivity contribution in [3.63, 3.8) is 0 Å². The van der Waals surface area contributed by atoms with E-state index in [0.717, 1.165) is 42.9 Å². The summed E-state index contributed by atoms with van der Waals surface area (Å²) in [6, 6.07) is 15.3. The Balaban J connectivity index is 1.37. The third-order valence-electron chi connectivity index (χ3n) is 5.94. The van der Waals surface area contributed by atoms with E-state index < -0.39 is 0 Å². The Morgan fingerprint density at radius 1 is 0.964 bits per heavy atom. The van der Waals surface area contributed by atoms with Crippen LogP contribution in [0.25, 0.3) is 0 Å². The number of hydrogen-bond donors (Lipinski definition) is 0. The normalized spacial score (nSPS) is 21.5. The molecule has 2 heterocycles. The first-order valence-electron chi connectivity index (χ1n) is 9.93. The van der Waals surface area contributed by atoms with E-state index in [1.165, 1.54) is 10.5 Å². The third-order valence-corrected chi connectivity index (χ3v) is 6.19. The molecule has 0 bridgehead atoms. The lowest BCUT2D eigenvalue weighted by Crippen LogP contribution is -2.46. The maximum atomic E-state index is 13.0. The number of piperidine rings is 1. The van der Waals surface area contributed by atoms with Crippen molar-refractivity contribution >= 4 is 29.1 Å². The van der Waals surface area contributed by atoms with Gasteiger partial charge in [0.25, 0.3) is 5.91 Å². The minimum absolute atomic E-state index is 0.0787. The number of anilines is 1. The molecule has 4 nitrogen and oxygen atoms in total. The number of likely N-dealkylation sites (tertiary alicyclic amines) is 1. The summed E-state index contributed by atoms with van der Waals surface area (Å²) in [5.74, 6) is 0.435. The third kappa shape index (κ3) is 3.98. The molecule has 146 valence electrons. The Morgan fingerprint density at radius 2 is 1.61 bits per heavy atom. The van der Waals surface area contributed by atoms with Crippen LogP contribution in [0.3, 0.4) is 0 Å². The smallest absolute Gasteiger partial charge is 0.251 e. The Kier molecular flexibility index (Phi) is 5.51. The molecule has 2 fully saturated rings. The van der Waals surface area contributed by atoms with Gasteiger partial charge in [0.2, 0.25) is 5.91 Å². The maximum Gasteiger partial charge on any atom is 0.251 e. The highest BCUT2D eigenvalue weighted by molar-refractivity contribution is 6.30. The fourth-order valence-electron chi connectivity index (χ4n) is 4.29. The van der Waals surface area contributed by atoms with Crippen LogP contribution in [0.1, 0.15) is 30.4 Å². The molecule has 28 heavy (non-hydrogen) atoms. The molecule has 5 heteroatoms. The first kappa shape index (κ1) is 19.2. The van der Waals surface area contributed by atoms with Crippen LogP contribution in [0.2, 0.25) is 5.02 Å². The van der Waals surface area contributed by atoms with Crippen molar-refractivity contribution in [2.24, 2.45) is 5.92 Å². The number of imide groups is 1. The zero-order valence-corrected chi connectivity index (χ0v) is 16.9. The van der Waals surface area contributed by atoms with Gasteiger partial charge in [-0.1, -0.05) is 41.4 Å². The number of halogens is 1. The van der Waals surface area contributed by atoms with Gasteiger partial charge in [-0.05, 0) is 75.0 Å². The van der Waals surface area contributed by atoms with Gasteiger partial charge in [-0.15, -0.1) is 0 Å². The standard InChI is InChI=1S/C23H25ClN2O2/c1-16-2-8-20(9-3-16)26-22(27)15-21(23(26)28)25-12-10-18(11-13-25)14-17-4-6-19(24)7-5-17/h2-9,18,21H,10-15H2,1H3/t21-/m1/s1. The van der Waals surface area contributed by atoms with E-state index in [2.05, 4.69) is 17.0 Å². The van der Waals surface area contributed by atoms with Crippen LogP contribution in [0.15, 0.2) is 48.5 Å². The molecule has 0 aromatic heterocycles. The van der Waals surface area contributed by atoms with Crippen LogP contribution in [0.4, 0.5) is 5.69 Å². The van der Waals surface area contributed by atoms with Crippen molar-refractivity contribution in [3.05, 3.63) is 64.7 Å². The zero-order valence-electron chi connectivity index (χ0n) is 16.1. The number of carbonyl (C=O) groups excluding carboxylic acids is 2. The molecule has 2 aliphatic heterocycles. The highest BCUT2D eigenvalue weighted by Gasteiger charge is 2.43. The molecule has 4 rings (SSSR count). The lowest BCUT2D eigenvalue weighted by Gasteiger charge is -2.34. The molecule has 0 radical (unpaired) electrons. The number of hydrogen-bond acceptors (Lipinski definition) is 3. The summed E-state index contributed by atoms with van der Waals surface area (Å²) in [7, 11) is 0. The Morgan fingerprint density at radius 3 is 2.25 bits per heavy atom. The average molecular weight is 397 g/mol. The number of carbonyl (C=O) groups is 2. The molecule has 0 N–H and O–H groups in total. The molecule has 0 aliphatic carbocycles. The van der Waals surface area contributed by atoms with E-state index in [0.29, 0.717) is 11.6 Å². The molecular formula is C23H25ClN2O2. The summed E-state index contributed by atoms with van der Waals surface area (Å²) in [4.78, 5) is 29.0. The minimum atomic E-state index is -0.315. The highest BCUT2D eigenvalue weighted by Crippen LogP contribution is 2.30. The van der Waals surface area contributed by atoms with Crippen molar-refractivity contribution < 1.29 is 9.59 Å². The van der Waals surface area contributed by atoms with Gasteiger partial charge >= 0.3 is 0 Å². The summed E-state index contributed by atoms with van der Waals surface area (Å²) in [6.07, 6.45) is 3.42. The van der Waals surface area contributed by atoms with Crippen LogP contribution >= 0.6 is 11.6 Å². The monoisotopic (exact) mass is 396 g/mol. The number of rotatable bonds is 4. The molecule has 0 unspecified atom stereocenters. The summed E-state index contributed by atoms with van der Waals surface area (Å²) in [5, 5.41) is 0.765. The van der Waals surface area contributed by atoms with E-state index in [4.69, 9.17) is 11.6 Å². The Bertz CT molecular complexity index is 855. The fourth-order valence-corrected chi connectivity index (χ4v) is 4.41. The van der Waals surface area contributed by atoms with Crippen molar-refractivity contribution in [1.82, 2.24) is 4.90 Å². The van der Waals surface area contributed by atoms with Crippen LogP contribution < -0.4 is 4.90 Å². The predicted octanol–water partition coefficient (Wildman–Crippen LogP) is 4.24. The van der Waals surface area contributed by atoms with Gasteiger partial charge in [0.15, 0.2) is 0 Å². The summed E-state index contributed by atoms with van der Waals surface area (Å²) in [6.45, 7) is 3.72. The van der Waals surface area contributed by atoms with Gasteiger partial charge < -0.3 is 0 Å². The molecule has 0 spiro atoms. The van der Waals surface area contributed by atoms with Crippen molar-refractivity contribution in [3.8, 4) is 0 Å². The van der Waals surface area contributed by atoms with Gasteiger partial charge in [-0.25, -0.2) is 4.90 Å². The molecule has 2 aromatic carbocycles. The van der Waals surface area contributed by atoms with Gasteiger partial charge in [0.05, 0.1) is 18.2 Å². The molecular weight excluding hydrogens is 372 g/mol. The van der Waals surface area contributed by atoms with Crippen LogP contribution in [-0.2, 0) is 16.0 Å². The second kappa shape index (κ2) is 8.06. The molecule has 0 saturated carbocycles. The lowest BCUT2D eigenvalue weighted by atomic mass is 9.89. The first-order valence-corrected chi connectivity index (χ1v) is 10.3. The van der Waals surface area contributed by atoms with E-state index in [9.17, 15) is 9.59 Å². The summed E-state index contributed by atoms with van der Waals surface area (Å²) >= 11 is 5.97. The van der Waals surface area contributed by atoms with Gasteiger partial charge in [0, 0.05) is 5.02 Å². The van der Waals surface area contributed by atoms with Gasteiger partial charge in [-0.2, -0.15) is 0 Å². The molecule has 2 saturated heterocycles. The van der Waals surface area contributed by atoms with Crippen LogP contribution in [0, 0.1) is 12.8 Å². The van der Waals surface area contributed by atoms with Gasteiger partial charge in [0.1, 0.15) is 0 Å².